The number of ether oxygens (including phenoxy) is 2. The molecule has 2 heterocycles. The largest absolute Gasteiger partial charge is 1.00 e. The summed E-state index contributed by atoms with van der Waals surface area (Å²) in [4.78, 5) is 15.8. The summed E-state index contributed by atoms with van der Waals surface area (Å²) in [5, 5.41) is 0. The molecular formula is C31H28BrFN2O3. The maximum absolute atomic E-state index is 13.8. The number of rotatable bonds is 5. The number of aromatic nitrogens is 1. The Morgan fingerprint density at radius 1 is 1.00 bits per heavy atom. The smallest absolute Gasteiger partial charge is 0.254 e. The fourth-order valence-corrected chi connectivity index (χ4v) is 5.79. The van der Waals surface area contributed by atoms with E-state index in [-0.39, 0.29) is 34.7 Å². The molecule has 6 rings (SSSR count). The molecule has 7 heteroatoms. The maximum Gasteiger partial charge on any atom is 0.254 e. The van der Waals surface area contributed by atoms with E-state index >= 15 is 0 Å². The lowest BCUT2D eigenvalue weighted by Crippen LogP contribution is -3.00. The van der Waals surface area contributed by atoms with Crippen molar-refractivity contribution in [2.45, 2.75) is 25.4 Å². The van der Waals surface area contributed by atoms with Gasteiger partial charge < -0.3 is 31.4 Å². The summed E-state index contributed by atoms with van der Waals surface area (Å²) in [5.74, 6) is 1.19. The maximum atomic E-state index is 13.8. The number of halogens is 2. The normalized spacial score (nSPS) is 15.1. The van der Waals surface area contributed by atoms with Crippen molar-refractivity contribution in [3.8, 4) is 22.6 Å². The van der Waals surface area contributed by atoms with E-state index in [4.69, 9.17) is 9.47 Å². The zero-order valence-corrected chi connectivity index (χ0v) is 22.9. The average molecular weight is 575 g/mol. The summed E-state index contributed by atoms with van der Waals surface area (Å²) in [6.07, 6.45) is 5.26. The van der Waals surface area contributed by atoms with Crippen LogP contribution < -0.4 is 31.0 Å². The Morgan fingerprint density at radius 2 is 1.79 bits per heavy atom. The lowest BCUT2D eigenvalue weighted by Gasteiger charge is -2.42. The van der Waals surface area contributed by atoms with Gasteiger partial charge in [-0.1, -0.05) is 36.4 Å². The van der Waals surface area contributed by atoms with Gasteiger partial charge in [-0.3, -0.25) is 4.79 Å². The molecule has 1 aliphatic carbocycles. The van der Waals surface area contributed by atoms with Crippen LogP contribution in [0.1, 0.15) is 38.7 Å². The van der Waals surface area contributed by atoms with Crippen molar-refractivity contribution in [3.63, 3.8) is 0 Å². The molecule has 0 bridgehead atoms. The number of hydrogen-bond donors (Lipinski definition) is 0. The summed E-state index contributed by atoms with van der Waals surface area (Å²) in [6, 6.07) is 20.6. The standard InChI is InChI=1S/C31H28FN2O3.BrH/c1-36-27-18-23-12-15-34(26-17-22-7-3-4-9-25(22)29(28(23)26)30(27)37-2)31(35)21-10-13-33(14-11-21)19-20-6-5-8-24(32)16-20;/h3-11,13-14,16,18,26H,12,15,17,19H2,1-2H3;1H/q+1;/p-1. The highest BCUT2D eigenvalue weighted by Gasteiger charge is 2.39. The first kappa shape index (κ1) is 25.9. The third-order valence-electron chi connectivity index (χ3n) is 7.48. The molecule has 1 amide bonds. The Kier molecular flexibility index (Phi) is 7.21. The summed E-state index contributed by atoms with van der Waals surface area (Å²) >= 11 is 0. The van der Waals surface area contributed by atoms with Gasteiger partial charge in [-0.25, -0.2) is 8.96 Å². The molecule has 0 saturated carbocycles. The molecule has 0 spiro atoms. The van der Waals surface area contributed by atoms with Gasteiger partial charge in [0.05, 0.1) is 25.8 Å². The van der Waals surface area contributed by atoms with Crippen LogP contribution in [0.25, 0.3) is 11.1 Å². The Morgan fingerprint density at radius 3 is 2.53 bits per heavy atom. The summed E-state index contributed by atoms with van der Waals surface area (Å²) in [5.41, 5.74) is 7.23. The monoisotopic (exact) mass is 574 g/mol. The lowest BCUT2D eigenvalue weighted by molar-refractivity contribution is -0.688. The number of hydrogen-bond acceptors (Lipinski definition) is 3. The first-order chi connectivity index (χ1) is 18.1. The molecule has 0 saturated heterocycles. The van der Waals surface area contributed by atoms with Crippen molar-refractivity contribution in [2.75, 3.05) is 20.8 Å². The van der Waals surface area contributed by atoms with Gasteiger partial charge in [0.2, 0.25) is 0 Å². The molecular weight excluding hydrogens is 547 g/mol. The molecule has 4 aromatic rings. The van der Waals surface area contributed by atoms with E-state index in [1.165, 1.54) is 23.3 Å². The number of fused-ring (bicyclic) bond motifs is 2. The van der Waals surface area contributed by atoms with Gasteiger partial charge in [-0.05, 0) is 53.3 Å². The highest BCUT2D eigenvalue weighted by Crippen LogP contribution is 2.52. The van der Waals surface area contributed by atoms with Gasteiger partial charge in [-0.2, -0.15) is 0 Å². The number of carbonyl (C=O) groups is 1. The quantitative estimate of drug-likeness (QED) is 0.343. The molecule has 2 aliphatic rings. The van der Waals surface area contributed by atoms with Crippen LogP contribution in [0.15, 0.2) is 79.1 Å². The first-order valence-electron chi connectivity index (χ1n) is 12.5. The number of carbonyl (C=O) groups excluding carboxylic acids is 1. The molecule has 0 fully saturated rings. The third kappa shape index (κ3) is 4.45. The molecule has 5 nitrogen and oxygen atoms in total. The second kappa shape index (κ2) is 10.6. The van der Waals surface area contributed by atoms with Gasteiger partial charge in [0, 0.05) is 29.8 Å². The predicted molar refractivity (Wildman–Crippen MR) is 138 cm³/mol. The summed E-state index contributed by atoms with van der Waals surface area (Å²) < 4.78 is 27.1. The Balaban J connectivity index is 0.00000294. The highest BCUT2D eigenvalue weighted by atomic mass is 79.9. The van der Waals surface area contributed by atoms with Crippen molar-refractivity contribution in [2.24, 2.45) is 0 Å². The molecule has 1 aromatic heterocycles. The van der Waals surface area contributed by atoms with Gasteiger partial charge in [0.1, 0.15) is 5.82 Å². The molecule has 3 aromatic carbocycles. The van der Waals surface area contributed by atoms with Crippen LogP contribution in [-0.2, 0) is 19.4 Å². The van der Waals surface area contributed by atoms with Crippen molar-refractivity contribution in [1.82, 2.24) is 4.90 Å². The Hall–Kier alpha value is -3.71. The summed E-state index contributed by atoms with van der Waals surface area (Å²) in [6.45, 7) is 1.17. The fourth-order valence-electron chi connectivity index (χ4n) is 5.79. The zero-order valence-electron chi connectivity index (χ0n) is 21.3. The molecule has 1 unspecified atom stereocenters. The van der Waals surface area contributed by atoms with Crippen LogP contribution >= 0.6 is 0 Å². The Bertz CT molecular complexity index is 1510. The van der Waals surface area contributed by atoms with E-state index < -0.39 is 0 Å². The molecule has 194 valence electrons. The van der Waals surface area contributed by atoms with Crippen LogP contribution in [0.2, 0.25) is 0 Å². The van der Waals surface area contributed by atoms with Crippen molar-refractivity contribution in [3.05, 3.63) is 113 Å². The third-order valence-corrected chi connectivity index (χ3v) is 7.48. The molecule has 38 heavy (non-hydrogen) atoms. The average Bonchev–Trinajstić information content (AvgIpc) is 2.93. The molecule has 0 N–H and O–H groups in total. The SMILES string of the molecule is COc1cc2c3c(c1OC)-c1ccccc1CC3N(C(=O)c1cc[n+](Cc3cccc(F)c3)cc1)CC2.[Br-]. The van der Waals surface area contributed by atoms with E-state index in [2.05, 4.69) is 18.2 Å². The van der Waals surface area contributed by atoms with E-state index in [0.717, 1.165) is 40.8 Å². The predicted octanol–water partition coefficient (Wildman–Crippen LogP) is 2.15. The van der Waals surface area contributed by atoms with E-state index in [1.807, 2.05) is 52.2 Å². The minimum Gasteiger partial charge on any atom is -1.00 e. The second-order valence-electron chi connectivity index (χ2n) is 9.57. The van der Waals surface area contributed by atoms with Crippen molar-refractivity contribution >= 4 is 5.91 Å². The number of pyridine rings is 1. The highest BCUT2D eigenvalue weighted by molar-refractivity contribution is 5.95. The number of benzene rings is 3. The number of methoxy groups -OCH3 is 2. The van der Waals surface area contributed by atoms with Crippen LogP contribution in [0.4, 0.5) is 4.39 Å². The Labute approximate surface area is 232 Å². The number of amides is 1. The zero-order chi connectivity index (χ0) is 25.5. The minimum atomic E-state index is -0.252. The number of nitrogens with zero attached hydrogens (tertiary/aromatic N) is 2. The van der Waals surface area contributed by atoms with Crippen LogP contribution in [-0.4, -0.2) is 31.6 Å². The van der Waals surface area contributed by atoms with Gasteiger partial charge in [0.25, 0.3) is 5.91 Å². The first-order valence-corrected chi connectivity index (χ1v) is 12.5. The van der Waals surface area contributed by atoms with Gasteiger partial charge in [0.15, 0.2) is 30.4 Å². The topological polar surface area (TPSA) is 42.7 Å². The van der Waals surface area contributed by atoms with Crippen molar-refractivity contribution in [1.29, 1.82) is 0 Å². The van der Waals surface area contributed by atoms with E-state index in [0.29, 0.717) is 24.4 Å². The minimum absolute atomic E-state index is 0. The lowest BCUT2D eigenvalue weighted by atomic mass is 9.76. The fraction of sp³-hybridized carbons (Fsp3) is 0.226. The van der Waals surface area contributed by atoms with E-state index in [1.54, 1.807) is 20.3 Å². The summed E-state index contributed by atoms with van der Waals surface area (Å²) in [7, 11) is 3.33. The van der Waals surface area contributed by atoms with Gasteiger partial charge >= 0.3 is 0 Å². The second-order valence-corrected chi connectivity index (χ2v) is 9.57. The van der Waals surface area contributed by atoms with Crippen LogP contribution in [0, 0.1) is 5.82 Å². The molecule has 1 aliphatic heterocycles. The van der Waals surface area contributed by atoms with E-state index in [9.17, 15) is 9.18 Å². The van der Waals surface area contributed by atoms with Gasteiger partial charge in [-0.15, -0.1) is 0 Å². The molecule has 0 radical (unpaired) electrons. The van der Waals surface area contributed by atoms with Crippen molar-refractivity contribution < 1.29 is 40.2 Å². The van der Waals surface area contributed by atoms with Crippen LogP contribution in [0.5, 0.6) is 11.5 Å². The molecule has 1 atom stereocenters. The van der Waals surface area contributed by atoms with Crippen LogP contribution in [0.3, 0.4) is 0 Å².